The summed E-state index contributed by atoms with van der Waals surface area (Å²) in [6.45, 7) is 5.38. The van der Waals surface area contributed by atoms with Crippen LogP contribution in [0.25, 0.3) is 6.08 Å². The average molecular weight is 391 g/mol. The Kier molecular flexibility index (Phi) is 6.89. The van der Waals surface area contributed by atoms with Gasteiger partial charge in [0.25, 0.3) is 0 Å². The van der Waals surface area contributed by atoms with Gasteiger partial charge in [0.1, 0.15) is 9.88 Å². The Morgan fingerprint density at radius 3 is 2.48 bits per heavy atom. The van der Waals surface area contributed by atoms with E-state index < -0.39 is 17.8 Å². The first-order valence-electron chi connectivity index (χ1n) is 8.32. The molecule has 0 aliphatic heterocycles. The maximum absolute atomic E-state index is 12.3. The zero-order chi connectivity index (χ0) is 20.0. The first-order valence-corrected chi connectivity index (χ1v) is 9.14. The fourth-order valence-corrected chi connectivity index (χ4v) is 3.39. The Labute approximate surface area is 160 Å². The van der Waals surface area contributed by atoms with E-state index in [1.54, 1.807) is 51.0 Å². The highest BCUT2D eigenvalue weighted by atomic mass is 32.1. The number of hydrogen-bond acceptors (Lipinski definition) is 7. The van der Waals surface area contributed by atoms with Gasteiger partial charge in [0.15, 0.2) is 0 Å². The molecule has 0 aromatic carbocycles. The standard InChI is InChI=1S/C18H21N3O5S/c1-5-25-17(23)14-11(3)15(18(24)26-6-2)27-16(14)20-13(22)8-7-12-9-19-21(4)10-12/h7-10H,5-6H2,1-4H3,(H,20,22). The van der Waals surface area contributed by atoms with Gasteiger partial charge in [-0.05, 0) is 32.4 Å². The molecule has 2 heterocycles. The molecule has 0 saturated carbocycles. The van der Waals surface area contributed by atoms with Crippen molar-refractivity contribution in [3.8, 4) is 0 Å². The number of nitrogens with one attached hydrogen (secondary N) is 1. The molecule has 0 atom stereocenters. The van der Waals surface area contributed by atoms with E-state index in [1.807, 2.05) is 0 Å². The Balaban J connectivity index is 2.28. The van der Waals surface area contributed by atoms with Crippen LogP contribution in [-0.4, -0.2) is 40.8 Å². The minimum Gasteiger partial charge on any atom is -0.462 e. The van der Waals surface area contributed by atoms with Crippen LogP contribution in [0, 0.1) is 6.92 Å². The molecule has 1 amide bonds. The lowest BCUT2D eigenvalue weighted by atomic mass is 10.1. The van der Waals surface area contributed by atoms with Gasteiger partial charge in [0, 0.05) is 24.9 Å². The van der Waals surface area contributed by atoms with Crippen LogP contribution in [0.5, 0.6) is 0 Å². The fourth-order valence-electron chi connectivity index (χ4n) is 2.29. The molecule has 144 valence electrons. The van der Waals surface area contributed by atoms with Crippen LogP contribution in [0.3, 0.4) is 0 Å². The second-order valence-electron chi connectivity index (χ2n) is 5.47. The third-order valence-electron chi connectivity index (χ3n) is 3.48. The molecule has 9 heteroatoms. The number of amides is 1. The Morgan fingerprint density at radius 1 is 1.22 bits per heavy atom. The first-order chi connectivity index (χ1) is 12.9. The summed E-state index contributed by atoms with van der Waals surface area (Å²) in [5, 5.41) is 6.90. The molecule has 0 radical (unpaired) electrons. The van der Waals surface area contributed by atoms with Crippen LogP contribution in [0.4, 0.5) is 5.00 Å². The summed E-state index contributed by atoms with van der Waals surface area (Å²) in [6.07, 6.45) is 6.29. The quantitative estimate of drug-likeness (QED) is 0.575. The number of hydrogen-bond donors (Lipinski definition) is 1. The molecular weight excluding hydrogens is 370 g/mol. The van der Waals surface area contributed by atoms with E-state index in [0.29, 0.717) is 5.56 Å². The summed E-state index contributed by atoms with van der Waals surface area (Å²) in [7, 11) is 1.77. The van der Waals surface area contributed by atoms with Gasteiger partial charge in [-0.2, -0.15) is 5.10 Å². The molecule has 0 spiro atoms. The number of carbonyl (C=O) groups excluding carboxylic acids is 3. The highest BCUT2D eigenvalue weighted by molar-refractivity contribution is 7.18. The molecule has 0 saturated heterocycles. The third kappa shape index (κ3) is 5.04. The van der Waals surface area contributed by atoms with E-state index in [4.69, 9.17) is 9.47 Å². The zero-order valence-electron chi connectivity index (χ0n) is 15.6. The molecule has 0 aliphatic rings. The van der Waals surface area contributed by atoms with Gasteiger partial charge in [-0.1, -0.05) is 0 Å². The van der Waals surface area contributed by atoms with Crippen LogP contribution in [0.15, 0.2) is 18.5 Å². The molecule has 0 bridgehead atoms. The van der Waals surface area contributed by atoms with Gasteiger partial charge in [0.2, 0.25) is 5.91 Å². The second-order valence-corrected chi connectivity index (χ2v) is 6.49. The predicted octanol–water partition coefficient (Wildman–Crippen LogP) is 2.80. The maximum atomic E-state index is 12.3. The maximum Gasteiger partial charge on any atom is 0.348 e. The summed E-state index contributed by atoms with van der Waals surface area (Å²) in [6, 6.07) is 0. The van der Waals surface area contributed by atoms with E-state index >= 15 is 0 Å². The van der Waals surface area contributed by atoms with Crippen molar-refractivity contribution >= 4 is 40.3 Å². The third-order valence-corrected chi connectivity index (χ3v) is 4.66. The van der Waals surface area contributed by atoms with Crippen LogP contribution < -0.4 is 5.32 Å². The number of aromatic nitrogens is 2. The molecule has 0 aliphatic carbocycles. The number of aryl methyl sites for hydroxylation is 1. The highest BCUT2D eigenvalue weighted by Gasteiger charge is 2.26. The van der Waals surface area contributed by atoms with Gasteiger partial charge in [-0.25, -0.2) is 9.59 Å². The van der Waals surface area contributed by atoms with Gasteiger partial charge in [0.05, 0.1) is 25.0 Å². The molecular formula is C18H21N3O5S. The predicted molar refractivity (Wildman–Crippen MR) is 102 cm³/mol. The smallest absolute Gasteiger partial charge is 0.348 e. The van der Waals surface area contributed by atoms with Gasteiger partial charge < -0.3 is 14.8 Å². The Bertz CT molecular complexity index is 882. The highest BCUT2D eigenvalue weighted by Crippen LogP contribution is 2.34. The van der Waals surface area contributed by atoms with Crippen molar-refractivity contribution in [2.45, 2.75) is 20.8 Å². The summed E-state index contributed by atoms with van der Waals surface area (Å²) >= 11 is 0.985. The van der Waals surface area contributed by atoms with Crippen molar-refractivity contribution in [1.29, 1.82) is 0 Å². The SMILES string of the molecule is CCOC(=O)c1sc(NC(=O)C=Cc2cnn(C)c2)c(C(=O)OCC)c1C. The number of nitrogens with zero attached hydrogens (tertiary/aromatic N) is 2. The van der Waals surface area contributed by atoms with E-state index in [2.05, 4.69) is 10.4 Å². The number of thiophene rings is 1. The molecule has 1 N–H and O–H groups in total. The number of esters is 2. The van der Waals surface area contributed by atoms with E-state index in [1.165, 1.54) is 6.08 Å². The molecule has 27 heavy (non-hydrogen) atoms. The largest absolute Gasteiger partial charge is 0.462 e. The van der Waals surface area contributed by atoms with Gasteiger partial charge >= 0.3 is 11.9 Å². The summed E-state index contributed by atoms with van der Waals surface area (Å²) < 4.78 is 11.7. The molecule has 2 aromatic heterocycles. The minimum absolute atomic E-state index is 0.160. The van der Waals surface area contributed by atoms with Crippen molar-refractivity contribution < 1.29 is 23.9 Å². The molecule has 8 nitrogen and oxygen atoms in total. The lowest BCUT2D eigenvalue weighted by Crippen LogP contribution is -2.12. The van der Waals surface area contributed by atoms with Gasteiger partial charge in [-0.3, -0.25) is 9.48 Å². The lowest BCUT2D eigenvalue weighted by Gasteiger charge is -2.05. The van der Waals surface area contributed by atoms with Crippen LogP contribution in [-0.2, 0) is 21.3 Å². The average Bonchev–Trinajstić information content (AvgIpc) is 3.16. The summed E-state index contributed by atoms with van der Waals surface area (Å²) in [5.41, 5.74) is 1.34. The molecule has 0 unspecified atom stereocenters. The number of ether oxygens (including phenoxy) is 2. The summed E-state index contributed by atoms with van der Waals surface area (Å²) in [4.78, 5) is 36.9. The normalized spacial score (nSPS) is 10.8. The minimum atomic E-state index is -0.603. The van der Waals surface area contributed by atoms with E-state index in [9.17, 15) is 14.4 Å². The second kappa shape index (κ2) is 9.13. The summed E-state index contributed by atoms with van der Waals surface area (Å²) in [5.74, 6) is -1.59. The molecule has 0 fully saturated rings. The van der Waals surface area contributed by atoms with Crippen LogP contribution >= 0.6 is 11.3 Å². The fraction of sp³-hybridized carbons (Fsp3) is 0.333. The molecule has 2 rings (SSSR count). The van der Waals surface area contributed by atoms with Crippen molar-refractivity contribution in [2.75, 3.05) is 18.5 Å². The van der Waals surface area contributed by atoms with Crippen molar-refractivity contribution in [2.24, 2.45) is 7.05 Å². The number of anilines is 1. The van der Waals surface area contributed by atoms with Gasteiger partial charge in [-0.15, -0.1) is 11.3 Å². The van der Waals surface area contributed by atoms with Crippen molar-refractivity contribution in [1.82, 2.24) is 9.78 Å². The monoisotopic (exact) mass is 391 g/mol. The van der Waals surface area contributed by atoms with Crippen molar-refractivity contribution in [3.05, 3.63) is 40.0 Å². The van der Waals surface area contributed by atoms with Crippen LogP contribution in [0.1, 0.15) is 45.0 Å². The number of carbonyl (C=O) groups is 3. The topological polar surface area (TPSA) is 99.5 Å². The van der Waals surface area contributed by atoms with E-state index in [-0.39, 0.29) is 28.7 Å². The zero-order valence-corrected chi connectivity index (χ0v) is 16.4. The first kappa shape index (κ1) is 20.4. The Hall–Kier alpha value is -2.94. The van der Waals surface area contributed by atoms with Crippen molar-refractivity contribution in [3.63, 3.8) is 0 Å². The van der Waals surface area contributed by atoms with E-state index in [0.717, 1.165) is 16.9 Å². The molecule has 2 aromatic rings. The lowest BCUT2D eigenvalue weighted by molar-refractivity contribution is -0.111. The van der Waals surface area contributed by atoms with Crippen LogP contribution in [0.2, 0.25) is 0 Å². The number of rotatable bonds is 7. The Morgan fingerprint density at radius 2 is 1.89 bits per heavy atom.